The molecule has 0 spiro atoms. The monoisotopic (exact) mass is 278 g/mol. The van der Waals surface area contributed by atoms with Crippen molar-refractivity contribution >= 4 is 0 Å². The first-order chi connectivity index (χ1) is 9.86. The van der Waals surface area contributed by atoms with Gasteiger partial charge in [-0.15, -0.1) is 0 Å². The highest BCUT2D eigenvalue weighted by molar-refractivity contribution is 4.97. The minimum absolute atomic E-state index is 0.640. The summed E-state index contributed by atoms with van der Waals surface area (Å²) in [5.41, 5.74) is 0. The van der Waals surface area contributed by atoms with Gasteiger partial charge in [-0.3, -0.25) is 0 Å². The van der Waals surface area contributed by atoms with E-state index in [2.05, 4.69) is 24.3 Å². The van der Waals surface area contributed by atoms with Crippen molar-refractivity contribution in [3.63, 3.8) is 0 Å². The molecule has 0 aromatic rings. The average molecular weight is 278 g/mol. The van der Waals surface area contributed by atoms with Crippen LogP contribution in [0.15, 0.2) is 24.3 Å². The third-order valence-electron chi connectivity index (χ3n) is 5.10. The molecular formula is C18H30O2. The molecule has 2 nitrogen and oxygen atoms in total. The third kappa shape index (κ3) is 4.20. The molecule has 0 radical (unpaired) electrons. The van der Waals surface area contributed by atoms with Gasteiger partial charge in [-0.1, -0.05) is 24.3 Å². The fourth-order valence-electron chi connectivity index (χ4n) is 4.02. The van der Waals surface area contributed by atoms with E-state index in [1.165, 1.54) is 38.5 Å². The first-order valence-corrected chi connectivity index (χ1v) is 8.14. The summed E-state index contributed by atoms with van der Waals surface area (Å²) < 4.78 is 11.2. The largest absolute Gasteiger partial charge is 0.384 e. The predicted octanol–water partition coefficient (Wildman–Crippen LogP) is 4.22. The molecule has 0 bridgehead atoms. The lowest BCUT2D eigenvalue weighted by molar-refractivity contribution is 0.00855. The SMILES string of the molecule is COCC(C1CC=CCC1)C(COC)C1CC=CCC1. The molecule has 0 aromatic carbocycles. The second-order valence-corrected chi connectivity index (χ2v) is 6.33. The zero-order valence-electron chi connectivity index (χ0n) is 13.1. The molecule has 2 aliphatic carbocycles. The molecule has 2 aliphatic rings. The Balaban J connectivity index is 2.08. The summed E-state index contributed by atoms with van der Waals surface area (Å²) in [4.78, 5) is 0. The lowest BCUT2D eigenvalue weighted by Gasteiger charge is -2.39. The summed E-state index contributed by atoms with van der Waals surface area (Å²) in [5, 5.41) is 0. The molecule has 4 atom stereocenters. The summed E-state index contributed by atoms with van der Waals surface area (Å²) in [6.07, 6.45) is 16.9. The minimum atomic E-state index is 0.640. The van der Waals surface area contributed by atoms with Crippen LogP contribution < -0.4 is 0 Å². The zero-order valence-corrected chi connectivity index (χ0v) is 13.1. The number of rotatable bonds is 7. The smallest absolute Gasteiger partial charge is 0.0496 e. The molecule has 0 saturated carbocycles. The highest BCUT2D eigenvalue weighted by atomic mass is 16.5. The second kappa shape index (κ2) is 8.63. The molecule has 2 rings (SSSR count). The molecule has 0 N–H and O–H groups in total. The maximum absolute atomic E-state index is 5.58. The normalized spacial score (nSPS) is 29.3. The van der Waals surface area contributed by atoms with E-state index >= 15 is 0 Å². The van der Waals surface area contributed by atoms with Crippen LogP contribution in [0.3, 0.4) is 0 Å². The molecular weight excluding hydrogens is 248 g/mol. The van der Waals surface area contributed by atoms with E-state index in [-0.39, 0.29) is 0 Å². The van der Waals surface area contributed by atoms with Gasteiger partial charge in [0.05, 0.1) is 0 Å². The molecule has 0 fully saturated rings. The van der Waals surface area contributed by atoms with Crippen LogP contribution in [0.1, 0.15) is 38.5 Å². The van der Waals surface area contributed by atoms with Crippen molar-refractivity contribution in [1.82, 2.24) is 0 Å². The Kier molecular flexibility index (Phi) is 6.81. The Labute approximate surface area is 124 Å². The van der Waals surface area contributed by atoms with Gasteiger partial charge in [0.2, 0.25) is 0 Å². The van der Waals surface area contributed by atoms with Crippen LogP contribution in [0.2, 0.25) is 0 Å². The van der Waals surface area contributed by atoms with Crippen molar-refractivity contribution < 1.29 is 9.47 Å². The van der Waals surface area contributed by atoms with Crippen LogP contribution in [-0.2, 0) is 9.47 Å². The van der Waals surface area contributed by atoms with Crippen molar-refractivity contribution in [2.75, 3.05) is 27.4 Å². The van der Waals surface area contributed by atoms with Gasteiger partial charge >= 0.3 is 0 Å². The van der Waals surface area contributed by atoms with Gasteiger partial charge in [-0.25, -0.2) is 0 Å². The predicted molar refractivity (Wildman–Crippen MR) is 83.7 cm³/mol. The van der Waals surface area contributed by atoms with E-state index in [0.29, 0.717) is 11.8 Å². The van der Waals surface area contributed by atoms with Crippen LogP contribution in [0.5, 0.6) is 0 Å². The van der Waals surface area contributed by atoms with Gasteiger partial charge in [-0.05, 0) is 62.2 Å². The van der Waals surface area contributed by atoms with Gasteiger partial charge in [-0.2, -0.15) is 0 Å². The fourth-order valence-corrected chi connectivity index (χ4v) is 4.02. The maximum Gasteiger partial charge on any atom is 0.0496 e. The Bertz CT molecular complexity index is 289. The summed E-state index contributed by atoms with van der Waals surface area (Å²) in [5.74, 6) is 2.82. The molecule has 0 aliphatic heterocycles. The first-order valence-electron chi connectivity index (χ1n) is 8.14. The zero-order chi connectivity index (χ0) is 14.2. The topological polar surface area (TPSA) is 18.5 Å². The van der Waals surface area contributed by atoms with Crippen LogP contribution >= 0.6 is 0 Å². The van der Waals surface area contributed by atoms with Gasteiger partial charge in [0.1, 0.15) is 0 Å². The Hall–Kier alpha value is -0.600. The van der Waals surface area contributed by atoms with E-state index in [0.717, 1.165) is 25.0 Å². The standard InChI is InChI=1S/C18H30O2/c1-19-13-17(15-9-5-3-6-10-15)18(14-20-2)16-11-7-4-8-12-16/h3-5,7,15-18H,6,8-14H2,1-2H3. The number of hydrogen-bond acceptors (Lipinski definition) is 2. The summed E-state index contributed by atoms with van der Waals surface area (Å²) in [6, 6.07) is 0. The number of allylic oxidation sites excluding steroid dienone is 4. The van der Waals surface area contributed by atoms with Crippen LogP contribution in [0.25, 0.3) is 0 Å². The van der Waals surface area contributed by atoms with Crippen molar-refractivity contribution in [1.29, 1.82) is 0 Å². The van der Waals surface area contributed by atoms with Crippen LogP contribution in [-0.4, -0.2) is 27.4 Å². The van der Waals surface area contributed by atoms with E-state index in [1.807, 2.05) is 14.2 Å². The van der Waals surface area contributed by atoms with Crippen molar-refractivity contribution in [2.45, 2.75) is 38.5 Å². The number of ether oxygens (including phenoxy) is 2. The summed E-state index contributed by atoms with van der Waals surface area (Å²) in [7, 11) is 3.69. The van der Waals surface area contributed by atoms with E-state index in [4.69, 9.17) is 9.47 Å². The maximum atomic E-state index is 5.58. The van der Waals surface area contributed by atoms with Gasteiger partial charge in [0, 0.05) is 27.4 Å². The van der Waals surface area contributed by atoms with Crippen LogP contribution in [0, 0.1) is 23.7 Å². The Morgan fingerprint density at radius 2 is 1.25 bits per heavy atom. The molecule has 0 aromatic heterocycles. The minimum Gasteiger partial charge on any atom is -0.384 e. The van der Waals surface area contributed by atoms with Crippen LogP contribution in [0.4, 0.5) is 0 Å². The summed E-state index contributed by atoms with van der Waals surface area (Å²) in [6.45, 7) is 1.76. The quantitative estimate of drug-likeness (QED) is 0.649. The number of hydrogen-bond donors (Lipinski definition) is 0. The molecule has 2 heteroatoms. The number of methoxy groups -OCH3 is 2. The fraction of sp³-hybridized carbons (Fsp3) is 0.778. The first kappa shape index (κ1) is 15.8. The Morgan fingerprint density at radius 3 is 1.55 bits per heavy atom. The molecule has 20 heavy (non-hydrogen) atoms. The van der Waals surface area contributed by atoms with E-state index in [9.17, 15) is 0 Å². The second-order valence-electron chi connectivity index (χ2n) is 6.33. The van der Waals surface area contributed by atoms with E-state index < -0.39 is 0 Å². The molecule has 0 amide bonds. The lowest BCUT2D eigenvalue weighted by atomic mass is 9.69. The van der Waals surface area contributed by atoms with Crippen molar-refractivity contribution in [2.24, 2.45) is 23.7 Å². The molecule has 0 heterocycles. The van der Waals surface area contributed by atoms with Gasteiger partial charge < -0.3 is 9.47 Å². The Morgan fingerprint density at radius 1 is 0.800 bits per heavy atom. The third-order valence-corrected chi connectivity index (χ3v) is 5.10. The molecule has 0 saturated heterocycles. The highest BCUT2D eigenvalue weighted by Gasteiger charge is 2.34. The summed E-state index contributed by atoms with van der Waals surface area (Å²) >= 11 is 0. The molecule has 4 unspecified atom stereocenters. The average Bonchev–Trinajstić information content (AvgIpc) is 2.52. The highest BCUT2D eigenvalue weighted by Crippen LogP contribution is 2.39. The van der Waals surface area contributed by atoms with Gasteiger partial charge in [0.25, 0.3) is 0 Å². The van der Waals surface area contributed by atoms with E-state index in [1.54, 1.807) is 0 Å². The van der Waals surface area contributed by atoms with Gasteiger partial charge in [0.15, 0.2) is 0 Å². The lowest BCUT2D eigenvalue weighted by Crippen LogP contribution is -2.36. The van der Waals surface area contributed by atoms with Crippen molar-refractivity contribution in [3.05, 3.63) is 24.3 Å². The molecule has 114 valence electrons. The van der Waals surface area contributed by atoms with Crippen molar-refractivity contribution in [3.8, 4) is 0 Å².